The molecule has 0 saturated carbocycles. The molecule has 1 unspecified atom stereocenters. The zero-order valence-electron chi connectivity index (χ0n) is 19.2. The summed E-state index contributed by atoms with van der Waals surface area (Å²) in [5.74, 6) is -0.246. The standard InChI is InChI=1S/C26H46FNO/c1-3-5-7-9-11-13-15-21-28(22-16-14-12-10-8-6-4-2)23-26(29)24-17-19-25(27)20-18-24/h17-20,26,29H,3-16,21-23H2,1-2H3. The van der Waals surface area contributed by atoms with Gasteiger partial charge in [0.2, 0.25) is 0 Å². The first-order chi connectivity index (χ1) is 14.2. The molecule has 1 aromatic carbocycles. The van der Waals surface area contributed by atoms with E-state index in [4.69, 9.17) is 0 Å². The van der Waals surface area contributed by atoms with Gasteiger partial charge in [-0.05, 0) is 43.6 Å². The van der Waals surface area contributed by atoms with E-state index in [9.17, 15) is 9.50 Å². The van der Waals surface area contributed by atoms with Crippen LogP contribution in [0.25, 0.3) is 0 Å². The molecule has 0 aliphatic heterocycles. The van der Waals surface area contributed by atoms with Crippen LogP contribution in [0.2, 0.25) is 0 Å². The van der Waals surface area contributed by atoms with Crippen molar-refractivity contribution in [1.82, 2.24) is 4.90 Å². The Hall–Kier alpha value is -0.930. The predicted molar refractivity (Wildman–Crippen MR) is 124 cm³/mol. The van der Waals surface area contributed by atoms with Crippen molar-refractivity contribution in [1.29, 1.82) is 0 Å². The second kappa shape index (κ2) is 17.9. The van der Waals surface area contributed by atoms with Gasteiger partial charge in [-0.15, -0.1) is 0 Å². The average molecular weight is 408 g/mol. The number of benzene rings is 1. The summed E-state index contributed by atoms with van der Waals surface area (Å²) in [6.45, 7) is 7.28. The number of aliphatic hydroxyl groups is 1. The smallest absolute Gasteiger partial charge is 0.123 e. The van der Waals surface area contributed by atoms with Gasteiger partial charge in [0.05, 0.1) is 6.10 Å². The number of hydrogen-bond acceptors (Lipinski definition) is 2. The Morgan fingerprint density at radius 2 is 1.10 bits per heavy atom. The van der Waals surface area contributed by atoms with Crippen molar-refractivity contribution in [2.24, 2.45) is 0 Å². The van der Waals surface area contributed by atoms with Crippen LogP contribution in [0.5, 0.6) is 0 Å². The Balaban J connectivity index is 2.35. The van der Waals surface area contributed by atoms with Gasteiger partial charge in [-0.2, -0.15) is 0 Å². The Bertz CT molecular complexity index is 458. The Morgan fingerprint density at radius 3 is 1.55 bits per heavy atom. The highest BCUT2D eigenvalue weighted by molar-refractivity contribution is 5.18. The van der Waals surface area contributed by atoms with Crippen LogP contribution in [0.3, 0.4) is 0 Å². The van der Waals surface area contributed by atoms with Crippen molar-refractivity contribution < 1.29 is 9.50 Å². The highest BCUT2D eigenvalue weighted by Gasteiger charge is 2.13. The van der Waals surface area contributed by atoms with Gasteiger partial charge >= 0.3 is 0 Å². The van der Waals surface area contributed by atoms with Gasteiger partial charge in [0.1, 0.15) is 5.82 Å². The molecule has 0 saturated heterocycles. The van der Waals surface area contributed by atoms with Gasteiger partial charge < -0.3 is 10.0 Å². The molecule has 0 heterocycles. The van der Waals surface area contributed by atoms with E-state index in [0.717, 1.165) is 18.7 Å². The van der Waals surface area contributed by atoms with E-state index >= 15 is 0 Å². The van der Waals surface area contributed by atoms with E-state index in [1.54, 1.807) is 12.1 Å². The minimum absolute atomic E-state index is 0.246. The normalized spacial score (nSPS) is 12.6. The lowest BCUT2D eigenvalue weighted by Crippen LogP contribution is -2.31. The predicted octanol–water partition coefficient (Wildman–Crippen LogP) is 7.66. The zero-order valence-corrected chi connectivity index (χ0v) is 19.2. The van der Waals surface area contributed by atoms with Crippen LogP contribution in [-0.2, 0) is 0 Å². The fourth-order valence-electron chi connectivity index (χ4n) is 3.91. The third-order valence-corrected chi connectivity index (χ3v) is 5.84. The van der Waals surface area contributed by atoms with Gasteiger partial charge in [0.15, 0.2) is 0 Å². The topological polar surface area (TPSA) is 23.5 Å². The van der Waals surface area contributed by atoms with Crippen LogP contribution >= 0.6 is 0 Å². The summed E-state index contributed by atoms with van der Waals surface area (Å²) < 4.78 is 13.2. The lowest BCUT2D eigenvalue weighted by Gasteiger charge is -2.25. The maximum absolute atomic E-state index is 13.2. The number of hydrogen-bond donors (Lipinski definition) is 1. The van der Waals surface area contributed by atoms with E-state index in [0.29, 0.717) is 6.54 Å². The van der Waals surface area contributed by atoms with E-state index in [1.807, 2.05) is 0 Å². The highest BCUT2D eigenvalue weighted by Crippen LogP contribution is 2.17. The summed E-state index contributed by atoms with van der Waals surface area (Å²) in [5, 5.41) is 10.6. The van der Waals surface area contributed by atoms with Crippen LogP contribution in [0.4, 0.5) is 4.39 Å². The fraction of sp³-hybridized carbons (Fsp3) is 0.769. The maximum Gasteiger partial charge on any atom is 0.123 e. The molecule has 29 heavy (non-hydrogen) atoms. The van der Waals surface area contributed by atoms with Gasteiger partial charge in [-0.3, -0.25) is 0 Å². The molecule has 0 spiro atoms. The molecule has 0 radical (unpaired) electrons. The van der Waals surface area contributed by atoms with Crippen molar-refractivity contribution in [3.05, 3.63) is 35.6 Å². The molecule has 1 N–H and O–H groups in total. The van der Waals surface area contributed by atoms with Crippen molar-refractivity contribution in [2.75, 3.05) is 19.6 Å². The quantitative estimate of drug-likeness (QED) is 0.238. The minimum atomic E-state index is -0.537. The average Bonchev–Trinajstić information content (AvgIpc) is 2.72. The molecule has 2 nitrogen and oxygen atoms in total. The Labute approximate surface area is 179 Å². The molecule has 3 heteroatoms. The van der Waals surface area contributed by atoms with Crippen LogP contribution in [-0.4, -0.2) is 29.6 Å². The molecule has 168 valence electrons. The number of rotatable bonds is 19. The monoisotopic (exact) mass is 407 g/mol. The number of nitrogens with zero attached hydrogens (tertiary/aromatic N) is 1. The van der Waals surface area contributed by atoms with E-state index < -0.39 is 6.10 Å². The fourth-order valence-corrected chi connectivity index (χ4v) is 3.91. The second-order valence-electron chi connectivity index (χ2n) is 8.61. The van der Waals surface area contributed by atoms with Gasteiger partial charge in [0, 0.05) is 6.54 Å². The molecule has 0 aliphatic rings. The summed E-state index contributed by atoms with van der Waals surface area (Å²) in [7, 11) is 0. The van der Waals surface area contributed by atoms with Gasteiger partial charge in [0.25, 0.3) is 0 Å². The van der Waals surface area contributed by atoms with E-state index in [2.05, 4.69) is 18.7 Å². The molecule has 0 aliphatic carbocycles. The first kappa shape index (κ1) is 26.1. The third kappa shape index (κ3) is 13.8. The number of unbranched alkanes of at least 4 members (excludes halogenated alkanes) is 12. The molecule has 1 rings (SSSR count). The van der Waals surface area contributed by atoms with Gasteiger partial charge in [-0.25, -0.2) is 4.39 Å². The molecule has 1 aromatic rings. The summed E-state index contributed by atoms with van der Waals surface area (Å²) in [4.78, 5) is 2.42. The van der Waals surface area contributed by atoms with Gasteiger partial charge in [-0.1, -0.05) is 103 Å². The molecule has 0 aromatic heterocycles. The first-order valence-electron chi connectivity index (χ1n) is 12.3. The van der Waals surface area contributed by atoms with Crippen molar-refractivity contribution >= 4 is 0 Å². The lowest BCUT2D eigenvalue weighted by molar-refractivity contribution is 0.110. The largest absolute Gasteiger partial charge is 0.387 e. The van der Waals surface area contributed by atoms with Crippen molar-refractivity contribution in [3.8, 4) is 0 Å². The minimum Gasteiger partial charge on any atom is -0.387 e. The van der Waals surface area contributed by atoms with Crippen LogP contribution in [0.15, 0.2) is 24.3 Å². The maximum atomic E-state index is 13.2. The number of halogens is 1. The molecule has 0 amide bonds. The Morgan fingerprint density at radius 1 is 0.690 bits per heavy atom. The second-order valence-corrected chi connectivity index (χ2v) is 8.61. The van der Waals surface area contributed by atoms with Crippen LogP contribution < -0.4 is 0 Å². The summed E-state index contributed by atoms with van der Waals surface area (Å²) in [6.07, 6.45) is 17.8. The van der Waals surface area contributed by atoms with Crippen molar-refractivity contribution in [3.63, 3.8) is 0 Å². The lowest BCUT2D eigenvalue weighted by atomic mass is 10.1. The molecule has 0 bridgehead atoms. The van der Waals surface area contributed by atoms with Crippen molar-refractivity contribution in [2.45, 2.75) is 110 Å². The van der Waals surface area contributed by atoms with E-state index in [-0.39, 0.29) is 5.82 Å². The third-order valence-electron chi connectivity index (χ3n) is 5.84. The zero-order chi connectivity index (χ0) is 21.2. The molecule has 1 atom stereocenters. The molecule has 0 fully saturated rings. The number of aliphatic hydroxyl groups excluding tert-OH is 1. The summed E-state index contributed by atoms with van der Waals surface area (Å²) in [5.41, 5.74) is 0.815. The molecular weight excluding hydrogens is 361 g/mol. The summed E-state index contributed by atoms with van der Waals surface area (Å²) in [6, 6.07) is 6.30. The first-order valence-corrected chi connectivity index (χ1v) is 12.3. The van der Waals surface area contributed by atoms with Crippen LogP contribution in [0, 0.1) is 5.82 Å². The SMILES string of the molecule is CCCCCCCCCN(CCCCCCCCC)CC(O)c1ccc(F)cc1. The van der Waals surface area contributed by atoms with Crippen LogP contribution in [0.1, 0.15) is 115 Å². The molecular formula is C26H46FNO. The summed E-state index contributed by atoms with van der Waals surface area (Å²) >= 11 is 0. The van der Waals surface area contributed by atoms with E-state index in [1.165, 1.54) is 102 Å². The highest BCUT2D eigenvalue weighted by atomic mass is 19.1. The Kier molecular flexibility index (Phi) is 16.1.